The van der Waals surface area contributed by atoms with Crippen LogP contribution in [0.2, 0.25) is 0 Å². The summed E-state index contributed by atoms with van der Waals surface area (Å²) in [6.07, 6.45) is 0.117. The summed E-state index contributed by atoms with van der Waals surface area (Å²) in [4.78, 5) is 0. The SMILES string of the molecule is CCc1c(C(O)C(C)N)ccc2c1OCCO2. The fourth-order valence-corrected chi connectivity index (χ4v) is 2.11. The molecule has 0 fully saturated rings. The van der Waals surface area contributed by atoms with Crippen molar-refractivity contribution in [3.05, 3.63) is 23.3 Å². The largest absolute Gasteiger partial charge is 0.486 e. The monoisotopic (exact) mass is 237 g/mol. The number of benzene rings is 1. The Balaban J connectivity index is 2.46. The van der Waals surface area contributed by atoms with Crippen LogP contribution in [0.15, 0.2) is 12.1 Å². The molecule has 2 rings (SSSR count). The average Bonchev–Trinajstić information content (AvgIpc) is 2.36. The molecule has 4 heteroatoms. The Morgan fingerprint density at radius 1 is 1.35 bits per heavy atom. The number of aliphatic hydroxyl groups is 1. The zero-order valence-corrected chi connectivity index (χ0v) is 10.3. The lowest BCUT2D eigenvalue weighted by Crippen LogP contribution is -2.26. The predicted molar refractivity (Wildman–Crippen MR) is 65.4 cm³/mol. The van der Waals surface area contributed by atoms with Crippen molar-refractivity contribution in [2.24, 2.45) is 5.73 Å². The van der Waals surface area contributed by atoms with Crippen LogP contribution in [0.5, 0.6) is 11.5 Å². The molecule has 0 saturated carbocycles. The van der Waals surface area contributed by atoms with Gasteiger partial charge < -0.3 is 20.3 Å². The minimum Gasteiger partial charge on any atom is -0.486 e. The van der Waals surface area contributed by atoms with E-state index in [4.69, 9.17) is 15.2 Å². The van der Waals surface area contributed by atoms with Gasteiger partial charge in [0.1, 0.15) is 13.2 Å². The smallest absolute Gasteiger partial charge is 0.164 e. The van der Waals surface area contributed by atoms with Crippen molar-refractivity contribution in [3.63, 3.8) is 0 Å². The first-order valence-electron chi connectivity index (χ1n) is 6.00. The van der Waals surface area contributed by atoms with Crippen LogP contribution in [0.1, 0.15) is 31.1 Å². The van der Waals surface area contributed by atoms with Crippen molar-refractivity contribution in [3.8, 4) is 11.5 Å². The fraction of sp³-hybridized carbons (Fsp3) is 0.538. The Morgan fingerprint density at radius 2 is 2.06 bits per heavy atom. The van der Waals surface area contributed by atoms with E-state index in [1.165, 1.54) is 0 Å². The maximum absolute atomic E-state index is 10.1. The average molecular weight is 237 g/mol. The lowest BCUT2D eigenvalue weighted by atomic mass is 9.95. The molecule has 0 amide bonds. The van der Waals surface area contributed by atoms with Crippen molar-refractivity contribution in [2.45, 2.75) is 32.4 Å². The highest BCUT2D eigenvalue weighted by Crippen LogP contribution is 2.38. The molecule has 17 heavy (non-hydrogen) atoms. The van der Waals surface area contributed by atoms with Gasteiger partial charge in [0, 0.05) is 11.6 Å². The Morgan fingerprint density at radius 3 is 2.71 bits per heavy atom. The zero-order chi connectivity index (χ0) is 12.4. The topological polar surface area (TPSA) is 64.7 Å². The van der Waals surface area contributed by atoms with Gasteiger partial charge in [-0.05, 0) is 25.0 Å². The molecule has 0 spiro atoms. The highest BCUT2D eigenvalue weighted by Gasteiger charge is 2.23. The predicted octanol–water partition coefficient (Wildman–Crippen LogP) is 1.40. The second-order valence-corrected chi connectivity index (χ2v) is 4.32. The summed E-state index contributed by atoms with van der Waals surface area (Å²) in [6.45, 7) is 4.95. The van der Waals surface area contributed by atoms with E-state index < -0.39 is 6.10 Å². The number of ether oxygens (including phenoxy) is 2. The van der Waals surface area contributed by atoms with Crippen LogP contribution < -0.4 is 15.2 Å². The number of rotatable bonds is 3. The van der Waals surface area contributed by atoms with Gasteiger partial charge in [-0.2, -0.15) is 0 Å². The molecule has 0 bridgehead atoms. The van der Waals surface area contributed by atoms with Crippen LogP contribution in [-0.2, 0) is 6.42 Å². The molecule has 0 radical (unpaired) electrons. The molecule has 2 unspecified atom stereocenters. The van der Waals surface area contributed by atoms with Gasteiger partial charge in [-0.3, -0.25) is 0 Å². The molecule has 1 heterocycles. The maximum Gasteiger partial charge on any atom is 0.164 e. The quantitative estimate of drug-likeness (QED) is 0.834. The van der Waals surface area contributed by atoms with E-state index in [1.807, 2.05) is 19.1 Å². The second-order valence-electron chi connectivity index (χ2n) is 4.32. The molecular formula is C13H19NO3. The van der Waals surface area contributed by atoms with Crippen molar-refractivity contribution >= 4 is 0 Å². The molecule has 4 nitrogen and oxygen atoms in total. The van der Waals surface area contributed by atoms with Crippen LogP contribution in [-0.4, -0.2) is 24.4 Å². The summed E-state index contributed by atoms with van der Waals surface area (Å²) in [6, 6.07) is 3.41. The molecule has 0 aromatic heterocycles. The van der Waals surface area contributed by atoms with E-state index in [2.05, 4.69) is 0 Å². The van der Waals surface area contributed by atoms with Crippen LogP contribution in [0.3, 0.4) is 0 Å². The highest BCUT2D eigenvalue weighted by atomic mass is 16.6. The van der Waals surface area contributed by atoms with E-state index in [0.29, 0.717) is 13.2 Å². The fourth-order valence-electron chi connectivity index (χ4n) is 2.11. The molecule has 3 N–H and O–H groups in total. The molecule has 0 saturated heterocycles. The Labute approximate surface area is 101 Å². The molecule has 2 atom stereocenters. The van der Waals surface area contributed by atoms with Gasteiger partial charge >= 0.3 is 0 Å². The number of aliphatic hydroxyl groups excluding tert-OH is 1. The normalized spacial score (nSPS) is 17.6. The summed E-state index contributed by atoms with van der Waals surface area (Å²) in [7, 11) is 0. The summed E-state index contributed by atoms with van der Waals surface area (Å²) >= 11 is 0. The minimum absolute atomic E-state index is 0.303. The highest BCUT2D eigenvalue weighted by molar-refractivity contribution is 5.52. The van der Waals surface area contributed by atoms with Crippen LogP contribution >= 0.6 is 0 Å². The third-order valence-electron chi connectivity index (χ3n) is 3.02. The second kappa shape index (κ2) is 4.94. The third kappa shape index (κ3) is 2.23. The lowest BCUT2D eigenvalue weighted by Gasteiger charge is -2.25. The number of nitrogens with two attached hydrogens (primary N) is 1. The van der Waals surface area contributed by atoms with Crippen LogP contribution in [0, 0.1) is 0 Å². The van der Waals surface area contributed by atoms with Gasteiger partial charge in [-0.25, -0.2) is 0 Å². The number of hydrogen-bond donors (Lipinski definition) is 2. The molecule has 0 aliphatic carbocycles. The van der Waals surface area contributed by atoms with E-state index in [1.54, 1.807) is 6.92 Å². The van der Waals surface area contributed by atoms with Gasteiger partial charge in [0.2, 0.25) is 0 Å². The van der Waals surface area contributed by atoms with Crippen molar-refractivity contribution in [2.75, 3.05) is 13.2 Å². The Bertz CT molecular complexity index is 404. The summed E-state index contributed by atoms with van der Waals surface area (Å²) in [5.74, 6) is 1.52. The molecule has 1 aromatic rings. The summed E-state index contributed by atoms with van der Waals surface area (Å²) in [5, 5.41) is 10.1. The first kappa shape index (κ1) is 12.2. The van der Waals surface area contributed by atoms with Crippen molar-refractivity contribution in [1.29, 1.82) is 0 Å². The summed E-state index contributed by atoms with van der Waals surface area (Å²) in [5.41, 5.74) is 7.58. The van der Waals surface area contributed by atoms with Gasteiger partial charge in [-0.1, -0.05) is 13.0 Å². The number of hydrogen-bond acceptors (Lipinski definition) is 4. The van der Waals surface area contributed by atoms with Crippen LogP contribution in [0.25, 0.3) is 0 Å². The maximum atomic E-state index is 10.1. The van der Waals surface area contributed by atoms with E-state index in [9.17, 15) is 5.11 Å². The van der Waals surface area contributed by atoms with Crippen molar-refractivity contribution < 1.29 is 14.6 Å². The molecule has 1 aliphatic rings. The molecule has 94 valence electrons. The minimum atomic E-state index is -0.666. The molecule has 1 aromatic carbocycles. The molecular weight excluding hydrogens is 218 g/mol. The van der Waals surface area contributed by atoms with E-state index in [-0.39, 0.29) is 6.04 Å². The van der Waals surface area contributed by atoms with Gasteiger partial charge in [0.15, 0.2) is 11.5 Å². The van der Waals surface area contributed by atoms with Gasteiger partial charge in [-0.15, -0.1) is 0 Å². The standard InChI is InChI=1S/C13H19NO3/c1-3-9-10(12(15)8(2)14)4-5-11-13(9)17-7-6-16-11/h4-5,8,12,15H,3,6-7,14H2,1-2H3. The van der Waals surface area contributed by atoms with Gasteiger partial charge in [0.25, 0.3) is 0 Å². The zero-order valence-electron chi connectivity index (χ0n) is 10.3. The first-order chi connectivity index (χ1) is 8.15. The van der Waals surface area contributed by atoms with Gasteiger partial charge in [0.05, 0.1) is 6.10 Å². The first-order valence-corrected chi connectivity index (χ1v) is 6.00. The van der Waals surface area contributed by atoms with Crippen molar-refractivity contribution in [1.82, 2.24) is 0 Å². The van der Waals surface area contributed by atoms with E-state index >= 15 is 0 Å². The number of fused-ring (bicyclic) bond motifs is 1. The lowest BCUT2D eigenvalue weighted by molar-refractivity contribution is 0.147. The van der Waals surface area contributed by atoms with E-state index in [0.717, 1.165) is 29.0 Å². The summed E-state index contributed by atoms with van der Waals surface area (Å²) < 4.78 is 11.2. The molecule has 1 aliphatic heterocycles. The Hall–Kier alpha value is -1.26. The third-order valence-corrected chi connectivity index (χ3v) is 3.02. The Kier molecular flexibility index (Phi) is 3.54. The van der Waals surface area contributed by atoms with Crippen LogP contribution in [0.4, 0.5) is 0 Å².